The van der Waals surface area contributed by atoms with Crippen LogP contribution in [0.25, 0.3) is 0 Å². The Morgan fingerprint density at radius 1 is 1.29 bits per heavy atom. The van der Waals surface area contributed by atoms with Gasteiger partial charge in [0, 0.05) is 18.9 Å². The van der Waals surface area contributed by atoms with Crippen LogP contribution < -0.4 is 0 Å². The second-order valence-electron chi connectivity index (χ2n) is 4.04. The number of nitrogens with zero attached hydrogens (tertiary/aromatic N) is 1. The van der Waals surface area contributed by atoms with Gasteiger partial charge >= 0.3 is 5.97 Å². The zero-order valence-corrected chi connectivity index (χ0v) is 10.0. The Hall–Kier alpha value is -2.03. The number of carbonyl (C=O) groups excluding carboxylic acids is 1. The first-order chi connectivity index (χ1) is 8.16. The topological polar surface area (TPSA) is 31.2 Å². The number of aryl methyl sites for hydroxylation is 2. The number of aromatic nitrogens is 1. The van der Waals surface area contributed by atoms with Crippen molar-refractivity contribution >= 4 is 5.97 Å². The van der Waals surface area contributed by atoms with E-state index < -0.39 is 0 Å². The highest BCUT2D eigenvalue weighted by Gasteiger charge is 2.10. The van der Waals surface area contributed by atoms with Crippen LogP contribution in [-0.2, 0) is 18.4 Å². The molecule has 0 amide bonds. The van der Waals surface area contributed by atoms with E-state index in [-0.39, 0.29) is 5.97 Å². The molecule has 1 aromatic heterocycles. The summed E-state index contributed by atoms with van der Waals surface area (Å²) in [5, 5.41) is 0. The molecule has 0 N–H and O–H groups in total. The van der Waals surface area contributed by atoms with Crippen LogP contribution in [0, 0.1) is 6.92 Å². The second kappa shape index (κ2) is 4.87. The molecule has 0 aliphatic carbocycles. The first-order valence-corrected chi connectivity index (χ1v) is 5.51. The van der Waals surface area contributed by atoms with Crippen molar-refractivity contribution in [1.82, 2.24) is 4.57 Å². The number of rotatable bonds is 3. The van der Waals surface area contributed by atoms with Gasteiger partial charge in [0.2, 0.25) is 0 Å². The van der Waals surface area contributed by atoms with Crippen LogP contribution in [0.15, 0.2) is 42.6 Å². The van der Waals surface area contributed by atoms with Crippen molar-refractivity contribution in [2.75, 3.05) is 0 Å². The molecule has 0 aliphatic rings. The van der Waals surface area contributed by atoms with Gasteiger partial charge < -0.3 is 9.30 Å². The zero-order chi connectivity index (χ0) is 12.3. The molecule has 88 valence electrons. The number of hydrogen-bond acceptors (Lipinski definition) is 2. The van der Waals surface area contributed by atoms with Crippen LogP contribution in [0.2, 0.25) is 0 Å². The largest absolute Gasteiger partial charge is 0.457 e. The average molecular weight is 229 g/mol. The van der Waals surface area contributed by atoms with Gasteiger partial charge in [-0.15, -0.1) is 0 Å². The quantitative estimate of drug-likeness (QED) is 0.758. The maximum absolute atomic E-state index is 11.7. The molecular weight excluding hydrogens is 214 g/mol. The Balaban J connectivity index is 1.98. The van der Waals surface area contributed by atoms with Gasteiger partial charge in [0.1, 0.15) is 6.61 Å². The molecule has 0 unspecified atom stereocenters. The molecule has 0 spiro atoms. The van der Waals surface area contributed by atoms with E-state index in [9.17, 15) is 4.79 Å². The predicted octanol–water partition coefficient (Wildman–Crippen LogP) is 2.69. The molecule has 0 saturated heterocycles. The van der Waals surface area contributed by atoms with Crippen molar-refractivity contribution in [2.45, 2.75) is 13.5 Å². The minimum atomic E-state index is -0.280. The van der Waals surface area contributed by atoms with Gasteiger partial charge in [-0.1, -0.05) is 30.3 Å². The number of benzene rings is 1. The lowest BCUT2D eigenvalue weighted by Crippen LogP contribution is -2.04. The van der Waals surface area contributed by atoms with Crippen molar-refractivity contribution in [1.29, 1.82) is 0 Å². The van der Waals surface area contributed by atoms with Gasteiger partial charge in [-0.05, 0) is 18.6 Å². The Labute approximate surface area is 101 Å². The highest BCUT2D eigenvalue weighted by molar-refractivity contribution is 5.89. The summed E-state index contributed by atoms with van der Waals surface area (Å²) >= 11 is 0. The zero-order valence-electron chi connectivity index (χ0n) is 10.0. The Morgan fingerprint density at radius 3 is 2.59 bits per heavy atom. The van der Waals surface area contributed by atoms with E-state index in [2.05, 4.69) is 0 Å². The molecule has 0 bridgehead atoms. The summed E-state index contributed by atoms with van der Waals surface area (Å²) in [5.41, 5.74) is 2.63. The molecule has 0 aliphatic heterocycles. The summed E-state index contributed by atoms with van der Waals surface area (Å²) in [5.74, 6) is -0.280. The molecule has 0 radical (unpaired) electrons. The van der Waals surface area contributed by atoms with E-state index in [4.69, 9.17) is 4.74 Å². The average Bonchev–Trinajstić information content (AvgIpc) is 2.68. The van der Waals surface area contributed by atoms with Crippen molar-refractivity contribution in [2.24, 2.45) is 7.05 Å². The molecule has 2 rings (SSSR count). The lowest BCUT2D eigenvalue weighted by atomic mass is 10.2. The molecule has 0 atom stereocenters. The van der Waals surface area contributed by atoms with Crippen molar-refractivity contribution < 1.29 is 9.53 Å². The van der Waals surface area contributed by atoms with Gasteiger partial charge in [0.15, 0.2) is 0 Å². The fraction of sp³-hybridized carbons (Fsp3) is 0.214. The molecule has 1 aromatic carbocycles. The fourth-order valence-electron chi connectivity index (χ4n) is 1.59. The Kier molecular flexibility index (Phi) is 3.28. The molecule has 2 aromatic rings. The standard InChI is InChI=1S/C14H15NO2/c1-11-8-13(9-15(11)2)14(16)17-10-12-6-4-3-5-7-12/h3-9H,10H2,1-2H3. The number of carbonyl (C=O) groups is 1. The van der Waals surface area contributed by atoms with Crippen LogP contribution in [0.4, 0.5) is 0 Å². The first-order valence-electron chi connectivity index (χ1n) is 5.51. The normalized spacial score (nSPS) is 10.2. The van der Waals surface area contributed by atoms with Crippen molar-refractivity contribution in [3.63, 3.8) is 0 Å². The van der Waals surface area contributed by atoms with Crippen LogP contribution >= 0.6 is 0 Å². The highest BCUT2D eigenvalue weighted by Crippen LogP contribution is 2.09. The van der Waals surface area contributed by atoms with E-state index >= 15 is 0 Å². The molecular formula is C14H15NO2. The predicted molar refractivity (Wildman–Crippen MR) is 65.7 cm³/mol. The van der Waals surface area contributed by atoms with Crippen LogP contribution in [0.1, 0.15) is 21.6 Å². The summed E-state index contributed by atoms with van der Waals surface area (Å²) < 4.78 is 7.13. The molecule has 0 saturated carbocycles. The Morgan fingerprint density at radius 2 is 2.00 bits per heavy atom. The van der Waals surface area contributed by atoms with Crippen molar-refractivity contribution in [3.8, 4) is 0 Å². The fourth-order valence-corrected chi connectivity index (χ4v) is 1.59. The minimum Gasteiger partial charge on any atom is -0.457 e. The maximum atomic E-state index is 11.7. The van der Waals surface area contributed by atoms with E-state index in [1.54, 1.807) is 6.20 Å². The first kappa shape index (κ1) is 11.5. The lowest BCUT2D eigenvalue weighted by molar-refractivity contribution is 0.0472. The van der Waals surface area contributed by atoms with Gasteiger partial charge in [0.05, 0.1) is 5.56 Å². The number of esters is 1. The molecule has 0 fully saturated rings. The SMILES string of the molecule is Cc1cc(C(=O)OCc2ccccc2)cn1C. The highest BCUT2D eigenvalue weighted by atomic mass is 16.5. The van der Waals surface area contributed by atoms with Crippen LogP contribution in [0.3, 0.4) is 0 Å². The summed E-state index contributed by atoms with van der Waals surface area (Å²) in [6, 6.07) is 11.5. The monoisotopic (exact) mass is 229 g/mol. The molecule has 3 nitrogen and oxygen atoms in total. The van der Waals surface area contributed by atoms with Gasteiger partial charge in [-0.25, -0.2) is 4.79 Å². The van der Waals surface area contributed by atoms with E-state index in [1.165, 1.54) is 0 Å². The summed E-state index contributed by atoms with van der Waals surface area (Å²) in [7, 11) is 1.91. The second-order valence-corrected chi connectivity index (χ2v) is 4.04. The smallest absolute Gasteiger partial charge is 0.340 e. The summed E-state index contributed by atoms with van der Waals surface area (Å²) in [6.45, 7) is 2.27. The minimum absolute atomic E-state index is 0.280. The van der Waals surface area contributed by atoms with Gasteiger partial charge in [-0.2, -0.15) is 0 Å². The maximum Gasteiger partial charge on any atom is 0.340 e. The molecule has 1 heterocycles. The third-order valence-corrected chi connectivity index (χ3v) is 2.70. The molecule has 3 heteroatoms. The van der Waals surface area contributed by atoms with Crippen LogP contribution in [-0.4, -0.2) is 10.5 Å². The van der Waals surface area contributed by atoms with E-state index in [0.29, 0.717) is 12.2 Å². The number of hydrogen-bond donors (Lipinski definition) is 0. The van der Waals surface area contributed by atoms with Gasteiger partial charge in [0.25, 0.3) is 0 Å². The summed E-state index contributed by atoms with van der Waals surface area (Å²) in [4.78, 5) is 11.7. The van der Waals surface area contributed by atoms with Crippen LogP contribution in [0.5, 0.6) is 0 Å². The summed E-state index contributed by atoms with van der Waals surface area (Å²) in [6.07, 6.45) is 1.78. The molecule has 17 heavy (non-hydrogen) atoms. The van der Waals surface area contributed by atoms with E-state index in [0.717, 1.165) is 11.3 Å². The third-order valence-electron chi connectivity index (χ3n) is 2.70. The Bertz CT molecular complexity index is 495. The van der Waals surface area contributed by atoms with E-state index in [1.807, 2.05) is 54.9 Å². The van der Waals surface area contributed by atoms with Gasteiger partial charge in [-0.3, -0.25) is 0 Å². The lowest BCUT2D eigenvalue weighted by Gasteiger charge is -2.02. The van der Waals surface area contributed by atoms with Crippen molar-refractivity contribution in [3.05, 3.63) is 59.4 Å². The number of ether oxygens (including phenoxy) is 1. The third kappa shape index (κ3) is 2.75.